The summed E-state index contributed by atoms with van der Waals surface area (Å²) in [6, 6.07) is 1.83. The molecule has 2 rings (SSSR count). The van der Waals surface area contributed by atoms with Crippen LogP contribution in [0.2, 0.25) is 0 Å². The number of methoxy groups -OCH3 is 1. The maximum Gasteiger partial charge on any atom is 0.228 e. The third-order valence-corrected chi connectivity index (χ3v) is 3.59. The highest BCUT2D eigenvalue weighted by atomic mass is 16.5. The second kappa shape index (κ2) is 6.28. The predicted octanol–water partition coefficient (Wildman–Crippen LogP) is 1.57. The summed E-state index contributed by atoms with van der Waals surface area (Å²) in [4.78, 5) is 24.8. The van der Waals surface area contributed by atoms with Crippen molar-refractivity contribution in [3.05, 3.63) is 12.4 Å². The number of carbonyl (C=O) groups is 1. The van der Waals surface area contributed by atoms with E-state index in [-0.39, 0.29) is 11.3 Å². The van der Waals surface area contributed by atoms with Gasteiger partial charge >= 0.3 is 0 Å². The fourth-order valence-corrected chi connectivity index (χ4v) is 2.44. The third-order valence-electron chi connectivity index (χ3n) is 3.59. The minimum absolute atomic E-state index is 0.213. The van der Waals surface area contributed by atoms with E-state index >= 15 is 0 Å². The van der Waals surface area contributed by atoms with Crippen molar-refractivity contribution in [2.24, 2.45) is 5.41 Å². The molecule has 116 valence electrons. The van der Waals surface area contributed by atoms with Gasteiger partial charge in [-0.25, -0.2) is 9.97 Å². The van der Waals surface area contributed by atoms with E-state index in [1.54, 1.807) is 7.11 Å². The molecule has 1 aromatic rings. The molecule has 2 heterocycles. The molecule has 1 amide bonds. The predicted molar refractivity (Wildman–Crippen MR) is 81.4 cm³/mol. The molecule has 0 saturated carbocycles. The number of carbonyl (C=O) groups excluding carboxylic acids is 1. The molecule has 1 aromatic heterocycles. The van der Waals surface area contributed by atoms with Crippen molar-refractivity contribution in [3.8, 4) is 5.88 Å². The van der Waals surface area contributed by atoms with Crippen LogP contribution >= 0.6 is 0 Å². The van der Waals surface area contributed by atoms with Crippen molar-refractivity contribution >= 4 is 11.7 Å². The largest absolute Gasteiger partial charge is 0.481 e. The number of aromatic nitrogens is 2. The molecule has 0 aromatic carbocycles. The Morgan fingerprint density at radius 3 is 2.62 bits per heavy atom. The normalized spacial score (nSPS) is 16.6. The number of amides is 1. The summed E-state index contributed by atoms with van der Waals surface area (Å²) in [5, 5.41) is 0. The molecule has 1 saturated heterocycles. The second-order valence-electron chi connectivity index (χ2n) is 6.30. The summed E-state index contributed by atoms with van der Waals surface area (Å²) in [6.07, 6.45) is 2.45. The molecule has 6 heteroatoms. The lowest BCUT2D eigenvalue weighted by Gasteiger charge is -2.28. The van der Waals surface area contributed by atoms with Crippen molar-refractivity contribution < 1.29 is 9.53 Å². The summed E-state index contributed by atoms with van der Waals surface area (Å²) in [5.74, 6) is 1.63. The first kappa shape index (κ1) is 15.5. The minimum atomic E-state index is -0.326. The fraction of sp³-hybridized carbons (Fsp3) is 0.667. The van der Waals surface area contributed by atoms with Gasteiger partial charge in [0, 0.05) is 37.7 Å². The summed E-state index contributed by atoms with van der Waals surface area (Å²) in [7, 11) is 1.60. The van der Waals surface area contributed by atoms with E-state index in [4.69, 9.17) is 4.74 Å². The molecule has 0 aliphatic carbocycles. The van der Waals surface area contributed by atoms with Crippen LogP contribution in [0.5, 0.6) is 5.88 Å². The first-order chi connectivity index (χ1) is 9.91. The summed E-state index contributed by atoms with van der Waals surface area (Å²) < 4.78 is 5.14. The highest BCUT2D eigenvalue weighted by Crippen LogP contribution is 2.21. The number of nitrogens with zero attached hydrogens (tertiary/aromatic N) is 4. The molecule has 6 nitrogen and oxygen atoms in total. The zero-order valence-electron chi connectivity index (χ0n) is 13.3. The van der Waals surface area contributed by atoms with Gasteiger partial charge in [0.05, 0.1) is 7.11 Å². The number of anilines is 1. The van der Waals surface area contributed by atoms with Crippen LogP contribution in [0.15, 0.2) is 12.4 Å². The maximum atomic E-state index is 12.4. The second-order valence-corrected chi connectivity index (χ2v) is 6.30. The SMILES string of the molecule is COc1cc(N2CCCN(C(=O)C(C)(C)C)CC2)ncn1. The molecule has 1 aliphatic heterocycles. The van der Waals surface area contributed by atoms with E-state index in [9.17, 15) is 4.79 Å². The van der Waals surface area contributed by atoms with Gasteiger partial charge in [0.15, 0.2) is 0 Å². The van der Waals surface area contributed by atoms with E-state index in [2.05, 4.69) is 14.9 Å². The maximum absolute atomic E-state index is 12.4. The number of rotatable bonds is 2. The van der Waals surface area contributed by atoms with Crippen molar-refractivity contribution in [2.75, 3.05) is 38.2 Å². The van der Waals surface area contributed by atoms with Gasteiger partial charge in [-0.1, -0.05) is 20.8 Å². The van der Waals surface area contributed by atoms with Gasteiger partial charge in [-0.15, -0.1) is 0 Å². The van der Waals surface area contributed by atoms with E-state index in [1.165, 1.54) is 6.33 Å². The Balaban J connectivity index is 2.05. The van der Waals surface area contributed by atoms with Gasteiger partial charge in [-0.3, -0.25) is 4.79 Å². The zero-order chi connectivity index (χ0) is 15.5. The Labute approximate surface area is 126 Å². The average molecular weight is 292 g/mol. The van der Waals surface area contributed by atoms with E-state index < -0.39 is 0 Å². The molecular weight excluding hydrogens is 268 g/mol. The molecular formula is C15H24N4O2. The molecule has 0 unspecified atom stereocenters. The molecule has 21 heavy (non-hydrogen) atoms. The average Bonchev–Trinajstić information content (AvgIpc) is 2.71. The Bertz CT molecular complexity index is 499. The van der Waals surface area contributed by atoms with Crippen molar-refractivity contribution in [2.45, 2.75) is 27.2 Å². The van der Waals surface area contributed by atoms with Crippen LogP contribution in [0.1, 0.15) is 27.2 Å². The smallest absolute Gasteiger partial charge is 0.228 e. The van der Waals surface area contributed by atoms with Gasteiger partial charge < -0.3 is 14.5 Å². The lowest BCUT2D eigenvalue weighted by Crippen LogP contribution is -2.41. The molecule has 0 N–H and O–H groups in total. The fourth-order valence-electron chi connectivity index (χ4n) is 2.44. The minimum Gasteiger partial charge on any atom is -0.481 e. The van der Waals surface area contributed by atoms with Gasteiger partial charge in [-0.05, 0) is 6.42 Å². The Hall–Kier alpha value is -1.85. The van der Waals surface area contributed by atoms with Gasteiger partial charge in [-0.2, -0.15) is 0 Å². The van der Waals surface area contributed by atoms with Crippen LogP contribution in [0.3, 0.4) is 0 Å². The van der Waals surface area contributed by atoms with E-state index in [1.807, 2.05) is 31.7 Å². The molecule has 0 atom stereocenters. The topological polar surface area (TPSA) is 58.6 Å². The molecule has 0 spiro atoms. The highest BCUT2D eigenvalue weighted by molar-refractivity contribution is 5.81. The third kappa shape index (κ3) is 3.83. The van der Waals surface area contributed by atoms with Crippen LogP contribution in [0.4, 0.5) is 5.82 Å². The Kier molecular flexibility index (Phi) is 4.65. The van der Waals surface area contributed by atoms with Crippen molar-refractivity contribution in [3.63, 3.8) is 0 Å². The summed E-state index contributed by atoms with van der Waals surface area (Å²) in [6.45, 7) is 9.08. The number of ether oxygens (including phenoxy) is 1. The van der Waals surface area contributed by atoms with E-state index in [0.29, 0.717) is 5.88 Å². The van der Waals surface area contributed by atoms with Crippen LogP contribution in [0.25, 0.3) is 0 Å². The van der Waals surface area contributed by atoms with E-state index in [0.717, 1.165) is 38.4 Å². The quantitative estimate of drug-likeness (QED) is 0.828. The first-order valence-corrected chi connectivity index (χ1v) is 7.32. The van der Waals surface area contributed by atoms with Gasteiger partial charge in [0.25, 0.3) is 0 Å². The number of hydrogen-bond acceptors (Lipinski definition) is 5. The van der Waals surface area contributed by atoms with Crippen molar-refractivity contribution in [1.29, 1.82) is 0 Å². The van der Waals surface area contributed by atoms with Crippen LogP contribution < -0.4 is 9.64 Å². The first-order valence-electron chi connectivity index (χ1n) is 7.32. The Morgan fingerprint density at radius 2 is 1.95 bits per heavy atom. The van der Waals surface area contributed by atoms with Crippen LogP contribution in [-0.4, -0.2) is 54.1 Å². The highest BCUT2D eigenvalue weighted by Gasteiger charge is 2.28. The van der Waals surface area contributed by atoms with Gasteiger partial charge in [0.1, 0.15) is 12.1 Å². The zero-order valence-corrected chi connectivity index (χ0v) is 13.3. The lowest BCUT2D eigenvalue weighted by molar-refractivity contribution is -0.139. The van der Waals surface area contributed by atoms with Crippen molar-refractivity contribution in [1.82, 2.24) is 14.9 Å². The molecule has 1 fully saturated rings. The number of hydrogen-bond donors (Lipinski definition) is 0. The monoisotopic (exact) mass is 292 g/mol. The molecule has 1 aliphatic rings. The van der Waals surface area contributed by atoms with Crippen LogP contribution in [-0.2, 0) is 4.79 Å². The Morgan fingerprint density at radius 1 is 1.19 bits per heavy atom. The van der Waals surface area contributed by atoms with Crippen LogP contribution in [0, 0.1) is 5.41 Å². The lowest BCUT2D eigenvalue weighted by atomic mass is 9.94. The van der Waals surface area contributed by atoms with Gasteiger partial charge in [0.2, 0.25) is 11.8 Å². The molecule has 0 bridgehead atoms. The standard InChI is InChI=1S/C15H24N4O2/c1-15(2,3)14(20)19-7-5-6-18(8-9-19)12-10-13(21-4)17-11-16-12/h10-11H,5-9H2,1-4H3. The molecule has 0 radical (unpaired) electrons. The summed E-state index contributed by atoms with van der Waals surface area (Å²) in [5.41, 5.74) is -0.326. The summed E-state index contributed by atoms with van der Waals surface area (Å²) >= 11 is 0.